The first-order valence-electron chi connectivity index (χ1n) is 3.35. The first-order chi connectivity index (χ1) is 4.86. The molecule has 1 heterocycles. The number of hydrogen-bond donors (Lipinski definition) is 0. The molecule has 0 radical (unpaired) electrons. The summed E-state index contributed by atoms with van der Waals surface area (Å²) in [6, 6.07) is 0. The average Bonchev–Trinajstić information content (AvgIpc) is 2.05. The minimum Gasteiger partial charge on any atom is -0.348 e. The third-order valence-electron chi connectivity index (χ3n) is 1.47. The van der Waals surface area contributed by atoms with Crippen molar-refractivity contribution in [3.63, 3.8) is 0 Å². The second kappa shape index (κ2) is 3.54. The zero-order valence-electron chi connectivity index (χ0n) is 5.95. The fourth-order valence-electron chi connectivity index (χ4n) is 0.805. The molecule has 2 nitrogen and oxygen atoms in total. The molecule has 1 fully saturated rings. The van der Waals surface area contributed by atoms with Gasteiger partial charge in [-0.3, -0.25) is 0 Å². The molecule has 0 spiro atoms. The van der Waals surface area contributed by atoms with Gasteiger partial charge in [0.2, 0.25) is 0 Å². The molecule has 0 aromatic carbocycles. The molecule has 0 atom stereocenters. The Labute approximate surface area is 61.1 Å². The van der Waals surface area contributed by atoms with Gasteiger partial charge in [0.25, 0.3) is 0 Å². The molecule has 0 aromatic heterocycles. The number of hydrogen-bond acceptors (Lipinski definition) is 2. The largest absolute Gasteiger partial charge is 0.348 e. The Bertz CT molecular complexity index is 107. The van der Waals surface area contributed by atoms with Crippen LogP contribution in [0.25, 0.3) is 0 Å². The van der Waals surface area contributed by atoms with Crippen molar-refractivity contribution in [1.29, 1.82) is 0 Å². The van der Waals surface area contributed by atoms with Crippen LogP contribution >= 0.6 is 0 Å². The highest BCUT2D eigenvalue weighted by atomic mass is 16.7. The Morgan fingerprint density at radius 1 is 1.10 bits per heavy atom. The van der Waals surface area contributed by atoms with Crippen LogP contribution in [-0.2, 0) is 9.47 Å². The molecule has 1 rings (SSSR count). The summed E-state index contributed by atoms with van der Waals surface area (Å²) in [7, 11) is 0. The molecule has 0 aromatic rings. The van der Waals surface area contributed by atoms with E-state index in [1.54, 1.807) is 6.08 Å². The van der Waals surface area contributed by atoms with E-state index >= 15 is 0 Å². The van der Waals surface area contributed by atoms with E-state index in [1.165, 1.54) is 0 Å². The number of rotatable bonds is 2. The molecule has 0 N–H and O–H groups in total. The summed E-state index contributed by atoms with van der Waals surface area (Å²) < 4.78 is 10.4. The molecule has 1 saturated heterocycles. The van der Waals surface area contributed by atoms with Gasteiger partial charge in [0.15, 0.2) is 6.29 Å². The lowest BCUT2D eigenvalue weighted by atomic mass is 10.2. The van der Waals surface area contributed by atoms with Crippen LogP contribution in [0, 0.1) is 5.92 Å². The number of ether oxygens (including phenoxy) is 2. The minimum atomic E-state index is -0.212. The van der Waals surface area contributed by atoms with Crippen molar-refractivity contribution in [2.24, 2.45) is 5.92 Å². The molecule has 10 heavy (non-hydrogen) atoms. The molecular formula is C8H12O2. The standard InChI is InChI=1S/C8H12O2/c1-3-7-5-9-8(4-2)10-6-7/h3-4,7-8H,1-2,5-6H2. The van der Waals surface area contributed by atoms with Gasteiger partial charge in [-0.2, -0.15) is 0 Å². The zero-order chi connectivity index (χ0) is 7.40. The fraction of sp³-hybridized carbons (Fsp3) is 0.500. The van der Waals surface area contributed by atoms with Crippen LogP contribution in [0.2, 0.25) is 0 Å². The van der Waals surface area contributed by atoms with E-state index in [-0.39, 0.29) is 6.29 Å². The van der Waals surface area contributed by atoms with E-state index in [1.807, 2.05) is 6.08 Å². The Hall–Kier alpha value is -0.600. The van der Waals surface area contributed by atoms with Crippen LogP contribution < -0.4 is 0 Å². The topological polar surface area (TPSA) is 18.5 Å². The summed E-state index contributed by atoms with van der Waals surface area (Å²) in [6.45, 7) is 8.60. The summed E-state index contributed by atoms with van der Waals surface area (Å²) in [5.41, 5.74) is 0. The SMILES string of the molecule is C=CC1COC(C=C)OC1. The van der Waals surface area contributed by atoms with Gasteiger partial charge in [0.05, 0.1) is 13.2 Å². The van der Waals surface area contributed by atoms with Gasteiger partial charge in [-0.15, -0.1) is 6.58 Å². The molecule has 0 bridgehead atoms. The van der Waals surface area contributed by atoms with Gasteiger partial charge in [0, 0.05) is 5.92 Å². The maximum absolute atomic E-state index is 5.22. The normalized spacial score (nSPS) is 33.2. The van der Waals surface area contributed by atoms with Crippen molar-refractivity contribution in [2.75, 3.05) is 13.2 Å². The van der Waals surface area contributed by atoms with Crippen LogP contribution in [0.5, 0.6) is 0 Å². The highest BCUT2D eigenvalue weighted by Gasteiger charge is 2.16. The summed E-state index contributed by atoms with van der Waals surface area (Å²) in [4.78, 5) is 0. The zero-order valence-corrected chi connectivity index (χ0v) is 5.95. The smallest absolute Gasteiger partial charge is 0.176 e. The molecule has 1 aliphatic heterocycles. The van der Waals surface area contributed by atoms with Crippen molar-refractivity contribution in [3.8, 4) is 0 Å². The lowest BCUT2D eigenvalue weighted by Gasteiger charge is -2.25. The molecule has 56 valence electrons. The van der Waals surface area contributed by atoms with Crippen molar-refractivity contribution < 1.29 is 9.47 Å². The Morgan fingerprint density at radius 3 is 2.10 bits per heavy atom. The predicted molar refractivity (Wildman–Crippen MR) is 39.6 cm³/mol. The highest BCUT2D eigenvalue weighted by molar-refractivity contribution is 4.83. The molecular weight excluding hydrogens is 128 g/mol. The van der Waals surface area contributed by atoms with Crippen molar-refractivity contribution >= 4 is 0 Å². The Balaban J connectivity index is 2.30. The van der Waals surface area contributed by atoms with E-state index in [9.17, 15) is 0 Å². The third kappa shape index (κ3) is 1.69. The van der Waals surface area contributed by atoms with Crippen molar-refractivity contribution in [2.45, 2.75) is 6.29 Å². The van der Waals surface area contributed by atoms with Crippen molar-refractivity contribution in [3.05, 3.63) is 25.3 Å². The molecule has 2 heteroatoms. The van der Waals surface area contributed by atoms with Gasteiger partial charge in [-0.25, -0.2) is 0 Å². The van der Waals surface area contributed by atoms with E-state index in [2.05, 4.69) is 13.2 Å². The first-order valence-corrected chi connectivity index (χ1v) is 3.35. The van der Waals surface area contributed by atoms with Gasteiger partial charge in [-0.1, -0.05) is 12.7 Å². The highest BCUT2D eigenvalue weighted by Crippen LogP contribution is 2.11. The molecule has 0 amide bonds. The summed E-state index contributed by atoms with van der Waals surface area (Å²) >= 11 is 0. The lowest BCUT2D eigenvalue weighted by Crippen LogP contribution is -2.29. The molecule has 0 aliphatic carbocycles. The van der Waals surface area contributed by atoms with Crippen LogP contribution in [-0.4, -0.2) is 19.5 Å². The molecule has 0 unspecified atom stereocenters. The van der Waals surface area contributed by atoms with E-state index in [4.69, 9.17) is 9.47 Å². The first kappa shape index (κ1) is 7.51. The van der Waals surface area contributed by atoms with E-state index in [0.717, 1.165) is 0 Å². The van der Waals surface area contributed by atoms with Gasteiger partial charge >= 0.3 is 0 Å². The summed E-state index contributed by atoms with van der Waals surface area (Å²) in [6.07, 6.45) is 3.29. The van der Waals surface area contributed by atoms with Gasteiger partial charge in [0.1, 0.15) is 0 Å². The molecule has 0 saturated carbocycles. The second-order valence-corrected chi connectivity index (χ2v) is 2.27. The predicted octanol–water partition coefficient (Wildman–Crippen LogP) is 1.35. The Morgan fingerprint density at radius 2 is 1.70 bits per heavy atom. The van der Waals surface area contributed by atoms with Crippen LogP contribution in [0.3, 0.4) is 0 Å². The molecule has 1 aliphatic rings. The quantitative estimate of drug-likeness (QED) is 0.539. The van der Waals surface area contributed by atoms with Crippen LogP contribution in [0.4, 0.5) is 0 Å². The van der Waals surface area contributed by atoms with Crippen molar-refractivity contribution in [1.82, 2.24) is 0 Å². The Kier molecular flexibility index (Phi) is 2.66. The maximum atomic E-state index is 5.22. The van der Waals surface area contributed by atoms with Crippen LogP contribution in [0.15, 0.2) is 25.3 Å². The fourth-order valence-corrected chi connectivity index (χ4v) is 0.805. The average molecular weight is 140 g/mol. The minimum absolute atomic E-state index is 0.212. The summed E-state index contributed by atoms with van der Waals surface area (Å²) in [5, 5.41) is 0. The van der Waals surface area contributed by atoms with E-state index < -0.39 is 0 Å². The lowest BCUT2D eigenvalue weighted by molar-refractivity contribution is -0.165. The van der Waals surface area contributed by atoms with Crippen LogP contribution in [0.1, 0.15) is 0 Å². The monoisotopic (exact) mass is 140 g/mol. The maximum Gasteiger partial charge on any atom is 0.176 e. The van der Waals surface area contributed by atoms with Gasteiger partial charge in [-0.05, 0) is 6.08 Å². The third-order valence-corrected chi connectivity index (χ3v) is 1.47. The van der Waals surface area contributed by atoms with E-state index in [0.29, 0.717) is 19.1 Å². The summed E-state index contributed by atoms with van der Waals surface area (Å²) in [5.74, 6) is 0.344. The second-order valence-electron chi connectivity index (χ2n) is 2.27. The van der Waals surface area contributed by atoms with Gasteiger partial charge < -0.3 is 9.47 Å².